The van der Waals surface area contributed by atoms with E-state index in [9.17, 15) is 24.2 Å². The van der Waals surface area contributed by atoms with Gasteiger partial charge in [0, 0.05) is 0 Å². The fraction of sp³-hybridized carbons (Fsp3) is 0.750. The number of aliphatic hydroxyl groups excluding tert-OH is 2. The normalized spacial score (nSPS) is 29.7. The maximum absolute atomic E-state index is 15.0. The Labute approximate surface area is 155 Å². The molecule has 2 heterocycles. The van der Waals surface area contributed by atoms with Crippen molar-refractivity contribution in [2.24, 2.45) is 0 Å². The Morgan fingerprint density at radius 1 is 1.37 bits per heavy atom. The predicted octanol–water partition coefficient (Wildman–Crippen LogP) is 0.655. The number of aromatic amines is 1. The summed E-state index contributed by atoms with van der Waals surface area (Å²) in [5, 5.41) is 19.1. The van der Waals surface area contributed by atoms with E-state index < -0.39 is 62.7 Å². The molecule has 1 aliphatic heterocycles. The minimum atomic E-state index is -2.59. The Morgan fingerprint density at radius 2 is 1.96 bits per heavy atom. The molecule has 2 rings (SSSR count). The van der Waals surface area contributed by atoms with E-state index in [-0.39, 0.29) is 5.04 Å². The standard InChI is InChI=1S/C16H26F2N2O6Si/c1-16(2,3)27(4,5)26-12-10(18)11(22)9(7-21)25-14(12)20-6-8(17)13(23)19-15(20)24/h6,9-12,14,21-22H,7H2,1-5H3,(H,19,23,24)/t9-,10+,11-,12-,14-/m1/s1. The Hall–Kier alpha value is -1.40. The first kappa shape index (κ1) is 21.9. The molecule has 1 fully saturated rings. The summed E-state index contributed by atoms with van der Waals surface area (Å²) >= 11 is 0. The van der Waals surface area contributed by atoms with Crippen LogP contribution in [0.5, 0.6) is 0 Å². The second-order valence-corrected chi connectivity index (χ2v) is 12.9. The van der Waals surface area contributed by atoms with Gasteiger partial charge in [-0.3, -0.25) is 14.3 Å². The third-order valence-electron chi connectivity index (χ3n) is 5.23. The number of hydrogen-bond donors (Lipinski definition) is 3. The quantitative estimate of drug-likeness (QED) is 0.631. The predicted molar refractivity (Wildman–Crippen MR) is 95.2 cm³/mol. The van der Waals surface area contributed by atoms with Crippen LogP contribution in [0, 0.1) is 5.82 Å². The molecule has 1 aromatic heterocycles. The van der Waals surface area contributed by atoms with Crippen molar-refractivity contribution in [3.05, 3.63) is 32.9 Å². The number of rotatable bonds is 4. The molecule has 1 aliphatic rings. The summed E-state index contributed by atoms with van der Waals surface area (Å²) in [5.41, 5.74) is -2.24. The van der Waals surface area contributed by atoms with Gasteiger partial charge in [0.1, 0.15) is 18.3 Å². The second-order valence-electron chi connectivity index (χ2n) is 8.17. The van der Waals surface area contributed by atoms with Crippen molar-refractivity contribution in [3.63, 3.8) is 0 Å². The summed E-state index contributed by atoms with van der Waals surface area (Å²) in [5.74, 6) is -1.26. The maximum Gasteiger partial charge on any atom is 0.330 e. The third-order valence-corrected chi connectivity index (χ3v) is 9.71. The highest BCUT2D eigenvalue weighted by molar-refractivity contribution is 6.74. The minimum Gasteiger partial charge on any atom is -0.406 e. The number of alkyl halides is 1. The van der Waals surface area contributed by atoms with Crippen molar-refractivity contribution in [1.82, 2.24) is 9.55 Å². The molecule has 0 radical (unpaired) electrons. The van der Waals surface area contributed by atoms with Gasteiger partial charge in [0.2, 0.25) is 5.82 Å². The summed E-state index contributed by atoms with van der Waals surface area (Å²) in [6, 6.07) is 0. The van der Waals surface area contributed by atoms with Crippen molar-refractivity contribution in [2.45, 2.75) is 69.6 Å². The number of nitrogens with one attached hydrogen (secondary N) is 1. The van der Waals surface area contributed by atoms with Crippen LogP contribution in [0.2, 0.25) is 18.1 Å². The number of hydrogen-bond acceptors (Lipinski definition) is 6. The Bertz CT molecular complexity index is 790. The van der Waals surface area contributed by atoms with Crippen LogP contribution >= 0.6 is 0 Å². The van der Waals surface area contributed by atoms with Crippen molar-refractivity contribution in [2.75, 3.05) is 6.61 Å². The molecule has 0 saturated carbocycles. The lowest BCUT2D eigenvalue weighted by molar-refractivity contribution is -0.233. The van der Waals surface area contributed by atoms with Crippen LogP contribution < -0.4 is 11.2 Å². The highest BCUT2D eigenvalue weighted by Gasteiger charge is 2.51. The van der Waals surface area contributed by atoms with Crippen molar-refractivity contribution in [3.8, 4) is 0 Å². The molecule has 0 unspecified atom stereocenters. The Morgan fingerprint density at radius 3 is 2.48 bits per heavy atom. The SMILES string of the molecule is CC(C)(C)[Si](C)(C)O[C@@H]1[C@@H](F)[C@H](O)[C@@H](CO)O[C@H]1n1cc(F)c(=O)[nH]c1=O. The van der Waals surface area contributed by atoms with Gasteiger partial charge in [0.05, 0.1) is 12.8 Å². The molecule has 0 amide bonds. The molecule has 11 heteroatoms. The van der Waals surface area contributed by atoms with E-state index in [1.807, 2.05) is 33.9 Å². The molecule has 0 bridgehead atoms. The largest absolute Gasteiger partial charge is 0.406 e. The van der Waals surface area contributed by atoms with Crippen molar-refractivity contribution >= 4 is 8.32 Å². The van der Waals surface area contributed by atoms with Crippen molar-refractivity contribution in [1.29, 1.82) is 0 Å². The summed E-state index contributed by atoms with van der Waals surface area (Å²) in [6.07, 6.45) is -7.35. The highest BCUT2D eigenvalue weighted by Crippen LogP contribution is 2.41. The number of aromatic nitrogens is 2. The van der Waals surface area contributed by atoms with Crippen LogP contribution in [0.3, 0.4) is 0 Å². The average molecular weight is 408 g/mol. The van der Waals surface area contributed by atoms with Gasteiger partial charge >= 0.3 is 5.69 Å². The van der Waals surface area contributed by atoms with E-state index in [1.165, 1.54) is 0 Å². The maximum atomic E-state index is 15.0. The summed E-state index contributed by atoms with van der Waals surface area (Å²) in [7, 11) is -2.59. The zero-order valence-corrected chi connectivity index (χ0v) is 16.9. The smallest absolute Gasteiger partial charge is 0.330 e. The van der Waals surface area contributed by atoms with Gasteiger partial charge in [0.25, 0.3) is 5.56 Å². The van der Waals surface area contributed by atoms with E-state index in [0.717, 1.165) is 0 Å². The first-order chi connectivity index (χ1) is 12.3. The molecule has 3 N–H and O–H groups in total. The highest BCUT2D eigenvalue weighted by atomic mass is 28.4. The molecule has 8 nitrogen and oxygen atoms in total. The third kappa shape index (κ3) is 4.21. The topological polar surface area (TPSA) is 114 Å². The van der Waals surface area contributed by atoms with E-state index in [2.05, 4.69) is 0 Å². The van der Waals surface area contributed by atoms with Gasteiger partial charge in [-0.15, -0.1) is 0 Å². The van der Waals surface area contributed by atoms with E-state index in [1.54, 1.807) is 4.98 Å². The first-order valence-corrected chi connectivity index (χ1v) is 11.5. The molecule has 1 aromatic rings. The lowest BCUT2D eigenvalue weighted by atomic mass is 9.99. The van der Waals surface area contributed by atoms with E-state index in [0.29, 0.717) is 10.8 Å². The summed E-state index contributed by atoms with van der Waals surface area (Å²) in [4.78, 5) is 25.2. The molecular formula is C16H26F2N2O6Si. The van der Waals surface area contributed by atoms with Crippen LogP contribution in [0.4, 0.5) is 8.78 Å². The Kier molecular flexibility index (Phi) is 6.12. The molecule has 0 aliphatic carbocycles. The van der Waals surface area contributed by atoms with Crippen LogP contribution in [-0.4, -0.2) is 59.2 Å². The van der Waals surface area contributed by atoms with Crippen LogP contribution in [0.25, 0.3) is 0 Å². The number of aliphatic hydroxyl groups is 2. The fourth-order valence-corrected chi connectivity index (χ4v) is 3.84. The molecular weight excluding hydrogens is 382 g/mol. The monoisotopic (exact) mass is 408 g/mol. The Balaban J connectivity index is 2.54. The summed E-state index contributed by atoms with van der Waals surface area (Å²) in [6.45, 7) is 8.73. The van der Waals surface area contributed by atoms with Crippen LogP contribution in [0.15, 0.2) is 15.8 Å². The van der Waals surface area contributed by atoms with Gasteiger partial charge < -0.3 is 19.4 Å². The van der Waals surface area contributed by atoms with Crippen LogP contribution in [0.1, 0.15) is 27.0 Å². The summed E-state index contributed by atoms with van der Waals surface area (Å²) < 4.78 is 40.9. The molecule has 5 atom stereocenters. The average Bonchev–Trinajstić information content (AvgIpc) is 2.55. The van der Waals surface area contributed by atoms with E-state index >= 15 is 4.39 Å². The van der Waals surface area contributed by atoms with Gasteiger partial charge in [-0.1, -0.05) is 20.8 Å². The minimum absolute atomic E-state index is 0.322. The fourth-order valence-electron chi connectivity index (χ4n) is 2.56. The molecule has 0 aromatic carbocycles. The number of nitrogens with zero attached hydrogens (tertiary/aromatic N) is 1. The molecule has 27 heavy (non-hydrogen) atoms. The number of H-pyrrole nitrogens is 1. The zero-order chi connectivity index (χ0) is 20.7. The van der Waals surface area contributed by atoms with Gasteiger partial charge in [-0.25, -0.2) is 9.18 Å². The number of ether oxygens (including phenoxy) is 1. The van der Waals surface area contributed by atoms with Crippen molar-refractivity contribution < 1.29 is 28.2 Å². The number of halogens is 2. The molecule has 154 valence electrons. The van der Waals surface area contributed by atoms with E-state index in [4.69, 9.17) is 9.16 Å². The van der Waals surface area contributed by atoms with Gasteiger partial charge in [-0.05, 0) is 18.1 Å². The molecule has 0 spiro atoms. The lowest BCUT2D eigenvalue weighted by Gasteiger charge is -2.46. The second kappa shape index (κ2) is 7.55. The lowest BCUT2D eigenvalue weighted by Crippen LogP contribution is -2.60. The first-order valence-electron chi connectivity index (χ1n) is 8.57. The van der Waals surface area contributed by atoms with Crippen LogP contribution in [-0.2, 0) is 9.16 Å². The zero-order valence-electron chi connectivity index (χ0n) is 15.9. The van der Waals surface area contributed by atoms with Gasteiger partial charge in [-0.2, -0.15) is 4.39 Å². The molecule has 1 saturated heterocycles. The van der Waals surface area contributed by atoms with Gasteiger partial charge in [0.15, 0.2) is 20.7 Å².